The Labute approximate surface area is 162 Å². The number of aryl methyl sites for hydroxylation is 1. The highest BCUT2D eigenvalue weighted by Crippen LogP contribution is 2.32. The van der Waals surface area contributed by atoms with Crippen molar-refractivity contribution < 1.29 is 9.53 Å². The van der Waals surface area contributed by atoms with E-state index in [0.717, 1.165) is 29.9 Å². The number of imidazole rings is 1. The normalized spacial score (nSPS) is 20.4. The summed E-state index contributed by atoms with van der Waals surface area (Å²) in [6.45, 7) is 3.33. The number of fused-ring (bicyclic) bond motifs is 3. The molecule has 28 heavy (non-hydrogen) atoms. The lowest BCUT2D eigenvalue weighted by molar-refractivity contribution is -0.141. The molecule has 152 valence electrons. The van der Waals surface area contributed by atoms with Gasteiger partial charge in [0.1, 0.15) is 6.54 Å². The summed E-state index contributed by atoms with van der Waals surface area (Å²) in [6, 6.07) is 0.418. The fraction of sp³-hybridized carbons (Fsp3) is 0.684. The largest absolute Gasteiger partial charge is 0.468 e. The summed E-state index contributed by atoms with van der Waals surface area (Å²) >= 11 is 0. The zero-order valence-electron chi connectivity index (χ0n) is 16.7. The van der Waals surface area contributed by atoms with Crippen molar-refractivity contribution >= 4 is 23.1 Å². The molecule has 2 aromatic rings. The quantitative estimate of drug-likeness (QED) is 0.723. The number of esters is 1. The van der Waals surface area contributed by atoms with Crippen LogP contribution in [0.25, 0.3) is 11.2 Å². The Kier molecular flexibility index (Phi) is 4.76. The van der Waals surface area contributed by atoms with E-state index in [1.54, 1.807) is 7.05 Å². The van der Waals surface area contributed by atoms with Crippen LogP contribution in [0.5, 0.6) is 0 Å². The van der Waals surface area contributed by atoms with Gasteiger partial charge in [0.15, 0.2) is 11.2 Å². The van der Waals surface area contributed by atoms with Crippen LogP contribution < -0.4 is 16.1 Å². The standard InChI is InChI=1S/C19H27N5O4/c1-12-9-22(13-7-5-4-6-8-13)18-20-16-15(23(18)10-12)17(26)24(11-14(25)28-3)19(27)21(16)2/h12-13H,4-11H2,1-3H3/t12-/m0/s1. The molecule has 9 heteroatoms. The third-order valence-corrected chi connectivity index (χ3v) is 6.00. The van der Waals surface area contributed by atoms with Gasteiger partial charge < -0.3 is 14.2 Å². The third-order valence-electron chi connectivity index (χ3n) is 6.00. The molecule has 1 aliphatic heterocycles. The molecule has 0 bridgehead atoms. The first kappa shape index (κ1) is 18.8. The van der Waals surface area contributed by atoms with E-state index >= 15 is 0 Å². The molecular weight excluding hydrogens is 362 g/mol. The van der Waals surface area contributed by atoms with Crippen LogP contribution in [0.4, 0.5) is 5.95 Å². The van der Waals surface area contributed by atoms with Gasteiger partial charge in [-0.2, -0.15) is 4.98 Å². The molecule has 0 amide bonds. The van der Waals surface area contributed by atoms with Gasteiger partial charge in [-0.25, -0.2) is 9.36 Å². The Morgan fingerprint density at radius 1 is 1.18 bits per heavy atom. The van der Waals surface area contributed by atoms with Crippen LogP contribution in [0.1, 0.15) is 39.0 Å². The number of methoxy groups -OCH3 is 1. The summed E-state index contributed by atoms with van der Waals surface area (Å²) < 4.78 is 8.88. The molecule has 3 heterocycles. The van der Waals surface area contributed by atoms with Gasteiger partial charge in [-0.3, -0.25) is 14.2 Å². The van der Waals surface area contributed by atoms with Crippen molar-refractivity contribution in [2.45, 2.75) is 58.2 Å². The zero-order chi connectivity index (χ0) is 20.0. The summed E-state index contributed by atoms with van der Waals surface area (Å²) in [5.74, 6) is 0.495. The van der Waals surface area contributed by atoms with E-state index in [-0.39, 0.29) is 0 Å². The second kappa shape index (κ2) is 7.10. The van der Waals surface area contributed by atoms with E-state index in [2.05, 4.69) is 16.6 Å². The number of carbonyl (C=O) groups excluding carboxylic acids is 1. The molecule has 1 atom stereocenters. The fourth-order valence-corrected chi connectivity index (χ4v) is 4.58. The predicted molar refractivity (Wildman–Crippen MR) is 105 cm³/mol. The number of ether oxygens (including phenoxy) is 1. The average Bonchev–Trinajstić information content (AvgIpc) is 3.09. The summed E-state index contributed by atoms with van der Waals surface area (Å²) in [5.41, 5.74) is -0.287. The lowest BCUT2D eigenvalue weighted by Gasteiger charge is -2.40. The molecular formula is C19H27N5O4. The van der Waals surface area contributed by atoms with Crippen LogP contribution in [0.3, 0.4) is 0 Å². The number of hydrogen-bond donors (Lipinski definition) is 0. The van der Waals surface area contributed by atoms with Crippen LogP contribution in [0, 0.1) is 5.92 Å². The molecule has 0 unspecified atom stereocenters. The first-order valence-corrected chi connectivity index (χ1v) is 9.96. The van der Waals surface area contributed by atoms with Gasteiger partial charge in [0.25, 0.3) is 5.56 Å². The average molecular weight is 389 g/mol. The van der Waals surface area contributed by atoms with Crippen molar-refractivity contribution in [3.63, 3.8) is 0 Å². The van der Waals surface area contributed by atoms with Crippen LogP contribution in [0.15, 0.2) is 9.59 Å². The van der Waals surface area contributed by atoms with Gasteiger partial charge in [0.05, 0.1) is 7.11 Å². The van der Waals surface area contributed by atoms with Gasteiger partial charge in [-0.15, -0.1) is 0 Å². The van der Waals surface area contributed by atoms with Crippen LogP contribution in [-0.2, 0) is 29.7 Å². The molecule has 1 aliphatic carbocycles. The molecule has 0 radical (unpaired) electrons. The Balaban J connectivity index is 1.91. The molecule has 1 fully saturated rings. The minimum atomic E-state index is -0.630. The predicted octanol–water partition coefficient (Wildman–Crippen LogP) is 0.858. The van der Waals surface area contributed by atoms with E-state index in [1.165, 1.54) is 30.9 Å². The maximum atomic E-state index is 13.1. The van der Waals surface area contributed by atoms with Crippen molar-refractivity contribution in [3.05, 3.63) is 20.8 Å². The van der Waals surface area contributed by atoms with Gasteiger partial charge in [0.2, 0.25) is 5.95 Å². The highest BCUT2D eigenvalue weighted by atomic mass is 16.5. The van der Waals surface area contributed by atoms with E-state index in [1.807, 2.05) is 4.57 Å². The van der Waals surface area contributed by atoms with Crippen molar-refractivity contribution in [1.82, 2.24) is 18.7 Å². The maximum Gasteiger partial charge on any atom is 0.333 e. The summed E-state index contributed by atoms with van der Waals surface area (Å²) in [4.78, 5) is 44.6. The minimum Gasteiger partial charge on any atom is -0.468 e. The molecule has 2 aliphatic rings. The van der Waals surface area contributed by atoms with E-state index < -0.39 is 23.8 Å². The number of carbonyl (C=O) groups is 1. The maximum absolute atomic E-state index is 13.1. The highest BCUT2D eigenvalue weighted by Gasteiger charge is 2.33. The van der Waals surface area contributed by atoms with Crippen LogP contribution in [-0.4, -0.2) is 44.4 Å². The fourth-order valence-electron chi connectivity index (χ4n) is 4.58. The summed E-state index contributed by atoms with van der Waals surface area (Å²) in [5, 5.41) is 0. The van der Waals surface area contributed by atoms with Crippen molar-refractivity contribution in [3.8, 4) is 0 Å². The lowest BCUT2D eigenvalue weighted by atomic mass is 9.93. The second-order valence-electron chi connectivity index (χ2n) is 8.05. The molecule has 0 N–H and O–H groups in total. The van der Waals surface area contributed by atoms with E-state index in [9.17, 15) is 14.4 Å². The Morgan fingerprint density at radius 2 is 1.89 bits per heavy atom. The first-order chi connectivity index (χ1) is 13.4. The van der Waals surface area contributed by atoms with E-state index in [0.29, 0.717) is 29.7 Å². The molecule has 0 saturated heterocycles. The molecule has 0 spiro atoms. The Bertz CT molecular complexity index is 1030. The number of aromatic nitrogens is 4. The SMILES string of the molecule is COC(=O)Cn1c(=O)c2c(nc3n2C[C@@H](C)CN3C2CCCCC2)n(C)c1=O. The molecule has 4 rings (SSSR count). The van der Waals surface area contributed by atoms with Gasteiger partial charge in [-0.1, -0.05) is 26.2 Å². The monoisotopic (exact) mass is 389 g/mol. The van der Waals surface area contributed by atoms with Crippen LogP contribution in [0.2, 0.25) is 0 Å². The number of rotatable bonds is 3. The molecule has 2 aromatic heterocycles. The smallest absolute Gasteiger partial charge is 0.333 e. The Hall–Kier alpha value is -2.58. The molecule has 1 saturated carbocycles. The first-order valence-electron chi connectivity index (χ1n) is 9.96. The Morgan fingerprint density at radius 3 is 2.57 bits per heavy atom. The highest BCUT2D eigenvalue weighted by molar-refractivity contribution is 5.76. The van der Waals surface area contributed by atoms with Crippen LogP contribution >= 0.6 is 0 Å². The van der Waals surface area contributed by atoms with Crippen molar-refractivity contribution in [1.29, 1.82) is 0 Å². The summed E-state index contributed by atoms with van der Waals surface area (Å²) in [7, 11) is 2.83. The number of nitrogens with zero attached hydrogens (tertiary/aromatic N) is 5. The lowest BCUT2D eigenvalue weighted by Crippen LogP contribution is -2.45. The third kappa shape index (κ3) is 2.93. The number of hydrogen-bond acceptors (Lipinski definition) is 6. The summed E-state index contributed by atoms with van der Waals surface area (Å²) in [6.07, 6.45) is 5.94. The minimum absolute atomic E-state index is 0.359. The van der Waals surface area contributed by atoms with Crippen molar-refractivity contribution in [2.75, 3.05) is 18.6 Å². The zero-order valence-corrected chi connectivity index (χ0v) is 16.7. The topological polar surface area (TPSA) is 91.4 Å². The van der Waals surface area contributed by atoms with Gasteiger partial charge in [-0.05, 0) is 18.8 Å². The molecule has 9 nitrogen and oxygen atoms in total. The second-order valence-corrected chi connectivity index (χ2v) is 8.05. The van der Waals surface area contributed by atoms with E-state index in [4.69, 9.17) is 4.98 Å². The van der Waals surface area contributed by atoms with Crippen molar-refractivity contribution in [2.24, 2.45) is 13.0 Å². The van der Waals surface area contributed by atoms with Gasteiger partial charge >= 0.3 is 11.7 Å². The number of anilines is 1. The molecule has 0 aromatic carbocycles. The van der Waals surface area contributed by atoms with Gasteiger partial charge in [0, 0.05) is 26.2 Å².